The monoisotopic (exact) mass is 574 g/mol. The fourth-order valence-corrected chi connectivity index (χ4v) is 5.51. The maximum absolute atomic E-state index is 12.6. The zero-order valence-corrected chi connectivity index (χ0v) is 24.0. The van der Waals surface area contributed by atoms with Crippen molar-refractivity contribution in [3.8, 4) is 28.5 Å². The molecule has 10 nitrogen and oxygen atoms in total. The molecule has 5 rings (SSSR count). The number of carboxylic acid groups (broad SMARTS) is 1. The molecule has 0 radical (unpaired) electrons. The molecule has 41 heavy (non-hydrogen) atoms. The molecule has 1 N–H and O–H groups in total. The number of aromatic nitrogens is 3. The number of fused-ring (bicyclic) bond motifs is 2. The van der Waals surface area contributed by atoms with Gasteiger partial charge in [-0.1, -0.05) is 25.5 Å². The normalized spacial score (nSPS) is 11.1. The highest BCUT2D eigenvalue weighted by atomic mass is 32.1. The smallest absolute Gasteiger partial charge is 0.493 e. The molecule has 0 bridgehead atoms. The number of methoxy groups -OCH3 is 2. The Labute approximate surface area is 241 Å². The first-order valence-electron chi connectivity index (χ1n) is 13.1. The van der Waals surface area contributed by atoms with Crippen LogP contribution in [0.15, 0.2) is 54.6 Å². The number of unbranched alkanes of at least 4 members (excludes halogenated alkanes) is 1. The van der Waals surface area contributed by atoms with E-state index in [2.05, 4.69) is 15.7 Å². The van der Waals surface area contributed by atoms with Crippen molar-refractivity contribution in [3.05, 3.63) is 60.2 Å². The van der Waals surface area contributed by atoms with Crippen molar-refractivity contribution in [1.82, 2.24) is 13.3 Å². The summed E-state index contributed by atoms with van der Waals surface area (Å²) in [6.07, 6.45) is 0.348. The van der Waals surface area contributed by atoms with Crippen LogP contribution in [0.25, 0.3) is 33.1 Å². The van der Waals surface area contributed by atoms with E-state index >= 15 is 0 Å². The van der Waals surface area contributed by atoms with Crippen molar-refractivity contribution in [2.45, 2.75) is 33.2 Å². The summed E-state index contributed by atoms with van der Waals surface area (Å²) in [5, 5.41) is 10.5. The fraction of sp³-hybridized carbons (Fsp3) is 0.267. The highest BCUT2D eigenvalue weighted by molar-refractivity contribution is 7.00. The molecule has 0 saturated carbocycles. The molecular weight excluding hydrogens is 544 g/mol. The number of amides is 1. The van der Waals surface area contributed by atoms with Gasteiger partial charge in [-0.05, 0) is 60.0 Å². The number of nitrogens with zero attached hydrogens (tertiary/aromatic N) is 4. The van der Waals surface area contributed by atoms with E-state index in [4.69, 9.17) is 14.2 Å². The second-order valence-electron chi connectivity index (χ2n) is 9.52. The first-order valence-corrected chi connectivity index (χ1v) is 13.9. The Hall–Kier alpha value is -4.64. The lowest BCUT2D eigenvalue weighted by molar-refractivity contribution is -0.116. The molecule has 0 spiro atoms. The topological polar surface area (TPSA) is 116 Å². The van der Waals surface area contributed by atoms with Gasteiger partial charge in [0.25, 0.3) is 0 Å². The summed E-state index contributed by atoms with van der Waals surface area (Å²) in [6.45, 7) is 4.50. The summed E-state index contributed by atoms with van der Waals surface area (Å²) in [6, 6.07) is 16.8. The van der Waals surface area contributed by atoms with Crippen LogP contribution in [0.2, 0.25) is 0 Å². The van der Waals surface area contributed by atoms with Gasteiger partial charge in [-0.3, -0.25) is 4.79 Å². The Kier molecular flexibility index (Phi) is 8.06. The van der Waals surface area contributed by atoms with E-state index in [0.29, 0.717) is 41.4 Å². The Morgan fingerprint density at radius 3 is 2.46 bits per heavy atom. The molecule has 0 fully saturated rings. The van der Waals surface area contributed by atoms with Crippen molar-refractivity contribution < 1.29 is 28.9 Å². The number of carbonyl (C=O) groups is 2. The molecule has 0 aliphatic rings. The number of carbonyl (C=O) groups excluding carboxylic acids is 1. The van der Waals surface area contributed by atoms with Gasteiger partial charge < -0.3 is 28.8 Å². The molecule has 1 amide bonds. The summed E-state index contributed by atoms with van der Waals surface area (Å²) in [5.74, 6) is 1.10. The maximum Gasteiger partial charge on any atom is 0.512 e. The largest absolute Gasteiger partial charge is 0.512 e. The molecule has 2 aromatic heterocycles. The SMILES string of the molecule is CCCCN(C(C)=O)c1ccc2c(c1)c(-c1ccc(OC)c(OC)c1)c(OC(=O)O)n2Cc1ccc2nsnc2c1. The van der Waals surface area contributed by atoms with Gasteiger partial charge in [-0.15, -0.1) is 0 Å². The van der Waals surface area contributed by atoms with Crippen LogP contribution in [0.4, 0.5) is 10.5 Å². The quantitative estimate of drug-likeness (QED) is 0.186. The number of hydrogen-bond acceptors (Lipinski definition) is 8. The van der Waals surface area contributed by atoms with Gasteiger partial charge in [0.1, 0.15) is 11.0 Å². The van der Waals surface area contributed by atoms with Crippen molar-refractivity contribution in [1.29, 1.82) is 0 Å². The van der Waals surface area contributed by atoms with Crippen molar-refractivity contribution in [2.24, 2.45) is 0 Å². The molecule has 11 heteroatoms. The van der Waals surface area contributed by atoms with Gasteiger partial charge in [-0.2, -0.15) is 8.75 Å². The Morgan fingerprint density at radius 2 is 1.76 bits per heavy atom. The second kappa shape index (κ2) is 11.8. The standard InChI is InChI=1S/C30H30N4O6S/c1-5-6-13-33(18(2)35)21-9-11-25-22(16-21)28(20-8-12-26(38-3)27(15-20)39-4)29(40-30(36)37)34(25)17-19-7-10-23-24(14-19)32-41-31-23/h7-12,14-16H,5-6,13,17H2,1-4H3,(H,36,37). The second-order valence-corrected chi connectivity index (χ2v) is 10.0. The summed E-state index contributed by atoms with van der Waals surface area (Å²) >= 11 is 1.14. The third kappa shape index (κ3) is 5.53. The number of ether oxygens (including phenoxy) is 3. The van der Waals surface area contributed by atoms with Crippen LogP contribution in [-0.4, -0.2) is 51.2 Å². The van der Waals surface area contributed by atoms with Gasteiger partial charge in [0, 0.05) is 24.5 Å². The highest BCUT2D eigenvalue weighted by Crippen LogP contribution is 2.44. The van der Waals surface area contributed by atoms with E-state index in [-0.39, 0.29) is 11.8 Å². The predicted octanol–water partition coefficient (Wildman–Crippen LogP) is 6.59. The van der Waals surface area contributed by atoms with Crippen LogP contribution in [0.3, 0.4) is 0 Å². The first-order chi connectivity index (χ1) is 19.8. The minimum atomic E-state index is -1.44. The lowest BCUT2D eigenvalue weighted by Crippen LogP contribution is -2.29. The summed E-state index contributed by atoms with van der Waals surface area (Å²) in [7, 11) is 3.09. The van der Waals surface area contributed by atoms with Gasteiger partial charge in [0.05, 0.1) is 43.6 Å². The van der Waals surface area contributed by atoms with Crippen LogP contribution in [0.1, 0.15) is 32.3 Å². The highest BCUT2D eigenvalue weighted by Gasteiger charge is 2.25. The molecule has 2 heterocycles. The fourth-order valence-electron chi connectivity index (χ4n) is 5.00. The predicted molar refractivity (Wildman–Crippen MR) is 159 cm³/mol. The Morgan fingerprint density at radius 1 is 0.976 bits per heavy atom. The molecule has 5 aromatic rings. The summed E-state index contributed by atoms with van der Waals surface area (Å²) < 4.78 is 26.9. The third-order valence-electron chi connectivity index (χ3n) is 6.94. The van der Waals surface area contributed by atoms with Crippen LogP contribution in [-0.2, 0) is 11.3 Å². The zero-order valence-electron chi connectivity index (χ0n) is 23.2. The number of rotatable bonds is 10. The molecule has 0 unspecified atom stereocenters. The minimum Gasteiger partial charge on any atom is -0.493 e. The van der Waals surface area contributed by atoms with Crippen LogP contribution in [0.5, 0.6) is 17.4 Å². The van der Waals surface area contributed by atoms with Crippen molar-refractivity contribution in [3.63, 3.8) is 0 Å². The van der Waals surface area contributed by atoms with Gasteiger partial charge >= 0.3 is 6.16 Å². The zero-order chi connectivity index (χ0) is 29.1. The van der Waals surface area contributed by atoms with Gasteiger partial charge in [0.2, 0.25) is 11.8 Å². The van der Waals surface area contributed by atoms with E-state index < -0.39 is 6.16 Å². The molecule has 3 aromatic carbocycles. The van der Waals surface area contributed by atoms with Gasteiger partial charge in [0.15, 0.2) is 11.5 Å². The Bertz CT molecular complexity index is 1740. The molecule has 0 saturated heterocycles. The number of anilines is 1. The van der Waals surface area contributed by atoms with E-state index in [1.54, 1.807) is 38.2 Å². The van der Waals surface area contributed by atoms with E-state index in [9.17, 15) is 14.7 Å². The number of hydrogen-bond donors (Lipinski definition) is 1. The third-order valence-corrected chi connectivity index (χ3v) is 7.50. The molecule has 0 aliphatic heterocycles. The van der Waals surface area contributed by atoms with E-state index in [1.807, 2.05) is 47.0 Å². The molecule has 212 valence electrons. The Balaban J connectivity index is 1.77. The average Bonchev–Trinajstić information content (AvgIpc) is 3.54. The van der Waals surface area contributed by atoms with E-state index in [1.165, 1.54) is 0 Å². The first kappa shape index (κ1) is 27.9. The maximum atomic E-state index is 12.6. The number of benzene rings is 3. The van der Waals surface area contributed by atoms with Crippen LogP contribution >= 0.6 is 11.7 Å². The average molecular weight is 575 g/mol. The lowest BCUT2D eigenvalue weighted by Gasteiger charge is -2.21. The summed E-state index contributed by atoms with van der Waals surface area (Å²) in [5.41, 5.74) is 5.14. The molecule has 0 atom stereocenters. The van der Waals surface area contributed by atoms with E-state index in [0.717, 1.165) is 52.1 Å². The minimum absolute atomic E-state index is 0.0721. The van der Waals surface area contributed by atoms with Gasteiger partial charge in [-0.25, -0.2) is 4.79 Å². The summed E-state index contributed by atoms with van der Waals surface area (Å²) in [4.78, 5) is 26.4. The lowest BCUT2D eigenvalue weighted by atomic mass is 10.0. The molecular formula is C30H30N4O6S. The van der Waals surface area contributed by atoms with Crippen molar-refractivity contribution in [2.75, 3.05) is 25.7 Å². The molecule has 0 aliphatic carbocycles. The van der Waals surface area contributed by atoms with Crippen molar-refractivity contribution >= 4 is 51.4 Å². The van der Waals surface area contributed by atoms with Crippen LogP contribution < -0.4 is 19.1 Å². The van der Waals surface area contributed by atoms with Crippen LogP contribution in [0, 0.1) is 0 Å².